The molecular formula is C28H25Cl2FN8. The molecule has 0 radical (unpaired) electrons. The Kier molecular flexibility index (Phi) is 7.44. The van der Waals surface area contributed by atoms with Crippen LogP contribution in [-0.2, 0) is 0 Å². The molecule has 1 atom stereocenters. The first-order chi connectivity index (χ1) is 18.8. The molecule has 1 aliphatic heterocycles. The van der Waals surface area contributed by atoms with Gasteiger partial charge in [-0.2, -0.15) is 5.26 Å². The van der Waals surface area contributed by atoms with Gasteiger partial charge in [0.05, 0.1) is 44.2 Å². The van der Waals surface area contributed by atoms with Gasteiger partial charge in [0.25, 0.3) is 0 Å². The fraction of sp³-hybridized carbons (Fsp3) is 0.179. The fourth-order valence-corrected chi connectivity index (χ4v) is 4.80. The summed E-state index contributed by atoms with van der Waals surface area (Å²) in [6, 6.07) is 14.2. The largest absolute Gasteiger partial charge is 0.373 e. The lowest BCUT2D eigenvalue weighted by atomic mass is 10.0. The number of fused-ring (bicyclic) bond motifs is 1. The number of hydrazine groups is 2. The van der Waals surface area contributed by atoms with Gasteiger partial charge in [-0.3, -0.25) is 15.0 Å². The molecular weight excluding hydrogens is 538 g/mol. The molecule has 0 unspecified atom stereocenters. The Morgan fingerprint density at radius 2 is 1.92 bits per heavy atom. The normalized spacial score (nSPS) is 13.7. The summed E-state index contributed by atoms with van der Waals surface area (Å²) in [7, 11) is 0. The zero-order valence-corrected chi connectivity index (χ0v) is 22.9. The Labute approximate surface area is 235 Å². The van der Waals surface area contributed by atoms with Crippen molar-refractivity contribution in [1.82, 2.24) is 25.9 Å². The lowest BCUT2D eigenvalue weighted by Crippen LogP contribution is -2.41. The Morgan fingerprint density at radius 1 is 1.10 bits per heavy atom. The van der Waals surface area contributed by atoms with E-state index in [1.807, 2.05) is 36.3 Å². The highest BCUT2D eigenvalue weighted by Crippen LogP contribution is 2.38. The summed E-state index contributed by atoms with van der Waals surface area (Å²) in [6.07, 6.45) is 5.16. The van der Waals surface area contributed by atoms with E-state index < -0.39 is 5.82 Å². The third kappa shape index (κ3) is 5.27. The van der Waals surface area contributed by atoms with E-state index in [4.69, 9.17) is 23.2 Å². The van der Waals surface area contributed by atoms with Crippen molar-refractivity contribution in [2.24, 2.45) is 0 Å². The van der Waals surface area contributed by atoms with Crippen LogP contribution < -0.4 is 21.6 Å². The quantitative estimate of drug-likeness (QED) is 0.197. The van der Waals surface area contributed by atoms with Crippen molar-refractivity contribution in [2.75, 3.05) is 10.6 Å². The summed E-state index contributed by atoms with van der Waals surface area (Å²) >= 11 is 12.7. The molecule has 11 heteroatoms. The van der Waals surface area contributed by atoms with Gasteiger partial charge in [0, 0.05) is 47.0 Å². The zero-order chi connectivity index (χ0) is 27.7. The smallest absolute Gasteiger partial charge is 0.165 e. The zero-order valence-electron chi connectivity index (χ0n) is 21.4. The van der Waals surface area contributed by atoms with E-state index in [0.29, 0.717) is 27.3 Å². The molecule has 4 N–H and O–H groups in total. The van der Waals surface area contributed by atoms with Gasteiger partial charge >= 0.3 is 0 Å². The maximum absolute atomic E-state index is 14.8. The monoisotopic (exact) mass is 562 g/mol. The van der Waals surface area contributed by atoms with Gasteiger partial charge in [0.2, 0.25) is 0 Å². The van der Waals surface area contributed by atoms with Gasteiger partial charge in [-0.25, -0.2) is 4.39 Å². The second kappa shape index (κ2) is 10.9. The molecule has 2 aromatic heterocycles. The van der Waals surface area contributed by atoms with Crippen molar-refractivity contribution in [3.8, 4) is 6.07 Å². The topological polar surface area (TPSA) is 101 Å². The molecule has 0 bridgehead atoms. The molecule has 1 aliphatic rings. The molecule has 0 fully saturated rings. The molecule has 3 heterocycles. The van der Waals surface area contributed by atoms with Crippen molar-refractivity contribution >= 4 is 51.2 Å². The van der Waals surface area contributed by atoms with Crippen molar-refractivity contribution in [3.63, 3.8) is 0 Å². The summed E-state index contributed by atoms with van der Waals surface area (Å²) in [6.45, 7) is 6.10. The highest BCUT2D eigenvalue weighted by Gasteiger charge is 2.25. The van der Waals surface area contributed by atoms with Crippen molar-refractivity contribution in [2.45, 2.75) is 32.9 Å². The van der Waals surface area contributed by atoms with Gasteiger partial charge in [0.1, 0.15) is 6.07 Å². The SMILES string of the molecule is Cc1ncccc1[C@H](Nc1cc(Cl)c2ncc(C#N)c(Nc3cccc(Cl)c3F)c2c1)C1=CN(C(C)C)NN1. The van der Waals surface area contributed by atoms with Gasteiger partial charge < -0.3 is 16.1 Å². The highest BCUT2D eigenvalue weighted by atomic mass is 35.5. The first kappa shape index (κ1) is 26.5. The van der Waals surface area contributed by atoms with Crippen LogP contribution in [0.1, 0.15) is 36.7 Å². The molecule has 0 amide bonds. The van der Waals surface area contributed by atoms with E-state index in [1.54, 1.807) is 24.4 Å². The maximum atomic E-state index is 14.8. The summed E-state index contributed by atoms with van der Waals surface area (Å²) in [4.78, 5) is 8.88. The van der Waals surface area contributed by atoms with Gasteiger partial charge in [-0.1, -0.05) is 35.3 Å². The van der Waals surface area contributed by atoms with Crippen LogP contribution in [0.15, 0.2) is 66.8 Å². The average molecular weight is 563 g/mol. The summed E-state index contributed by atoms with van der Waals surface area (Å²) < 4.78 is 14.8. The number of nitrogens with zero attached hydrogens (tertiary/aromatic N) is 4. The predicted molar refractivity (Wildman–Crippen MR) is 153 cm³/mol. The Morgan fingerprint density at radius 3 is 2.64 bits per heavy atom. The van der Waals surface area contributed by atoms with Crippen LogP contribution >= 0.6 is 23.2 Å². The minimum atomic E-state index is -0.623. The molecule has 0 spiro atoms. The number of hydrogen-bond acceptors (Lipinski definition) is 8. The first-order valence-electron chi connectivity index (χ1n) is 12.2. The van der Waals surface area contributed by atoms with Crippen LogP contribution in [0.5, 0.6) is 0 Å². The Bertz CT molecular complexity index is 1630. The lowest BCUT2D eigenvalue weighted by Gasteiger charge is -2.23. The highest BCUT2D eigenvalue weighted by molar-refractivity contribution is 6.36. The van der Waals surface area contributed by atoms with Crippen molar-refractivity contribution in [1.29, 1.82) is 5.26 Å². The number of rotatable bonds is 7. The molecule has 2 aromatic carbocycles. The van der Waals surface area contributed by atoms with Gasteiger partial charge in [-0.05, 0) is 51.1 Å². The van der Waals surface area contributed by atoms with E-state index in [2.05, 4.69) is 51.5 Å². The molecule has 4 aromatic rings. The molecule has 39 heavy (non-hydrogen) atoms. The van der Waals surface area contributed by atoms with Crippen LogP contribution in [-0.4, -0.2) is 21.0 Å². The first-order valence-corrected chi connectivity index (χ1v) is 13.0. The third-order valence-corrected chi connectivity index (χ3v) is 6.98. The number of aromatic nitrogens is 2. The number of nitrogens with one attached hydrogen (secondary N) is 4. The summed E-state index contributed by atoms with van der Waals surface area (Å²) in [5, 5.41) is 19.3. The third-order valence-electron chi connectivity index (χ3n) is 6.40. The van der Waals surface area contributed by atoms with Gasteiger partial charge in [0.15, 0.2) is 5.82 Å². The van der Waals surface area contributed by atoms with Crippen LogP contribution in [0, 0.1) is 24.1 Å². The number of pyridine rings is 2. The minimum absolute atomic E-state index is 0.0340. The Hall–Kier alpha value is -4.10. The summed E-state index contributed by atoms with van der Waals surface area (Å²) in [5.41, 5.74) is 11.0. The molecule has 198 valence electrons. The average Bonchev–Trinajstić information content (AvgIpc) is 3.41. The Balaban J connectivity index is 1.62. The van der Waals surface area contributed by atoms with E-state index in [9.17, 15) is 9.65 Å². The lowest BCUT2D eigenvalue weighted by molar-refractivity contribution is 0.221. The number of aryl methyl sites for hydroxylation is 1. The number of halogens is 3. The van der Waals surface area contributed by atoms with E-state index in [1.165, 1.54) is 12.3 Å². The standard InChI is InChI=1S/C28H25Cl2FN8/c1-15(2)39-14-24(37-38-39)28(19-6-5-9-33-16(19)3)35-18-10-20-26(36-23-8-4-7-21(29)25(23)31)17(12-32)13-34-27(20)22(30)11-18/h4-11,13-15,28,35,37-38H,1-3H3,(H,34,36)/t28-/m0/s1. The maximum Gasteiger partial charge on any atom is 0.165 e. The molecule has 8 nitrogen and oxygen atoms in total. The molecule has 0 aliphatic carbocycles. The molecule has 0 saturated heterocycles. The number of hydrogen-bond donors (Lipinski definition) is 4. The van der Waals surface area contributed by atoms with Crippen molar-refractivity contribution in [3.05, 3.63) is 99.4 Å². The van der Waals surface area contributed by atoms with Crippen LogP contribution in [0.3, 0.4) is 0 Å². The van der Waals surface area contributed by atoms with Gasteiger partial charge in [-0.15, -0.1) is 5.53 Å². The van der Waals surface area contributed by atoms with Crippen LogP contribution in [0.4, 0.5) is 21.5 Å². The second-order valence-corrected chi connectivity index (χ2v) is 10.1. The molecule has 0 saturated carbocycles. The van der Waals surface area contributed by atoms with Crippen LogP contribution in [0.25, 0.3) is 10.9 Å². The van der Waals surface area contributed by atoms with Crippen molar-refractivity contribution < 1.29 is 4.39 Å². The second-order valence-electron chi connectivity index (χ2n) is 9.32. The van der Waals surface area contributed by atoms with E-state index in [0.717, 1.165) is 17.0 Å². The summed E-state index contributed by atoms with van der Waals surface area (Å²) in [5.74, 6) is -0.623. The number of nitriles is 1. The number of anilines is 3. The molecule has 5 rings (SSSR count). The minimum Gasteiger partial charge on any atom is -0.373 e. The fourth-order valence-electron chi connectivity index (χ4n) is 4.36. The van der Waals surface area contributed by atoms with E-state index in [-0.39, 0.29) is 28.4 Å². The number of benzene rings is 2. The van der Waals surface area contributed by atoms with E-state index >= 15 is 0 Å². The van der Waals surface area contributed by atoms with Crippen LogP contribution in [0.2, 0.25) is 10.0 Å². The predicted octanol–water partition coefficient (Wildman–Crippen LogP) is 6.73.